The first kappa shape index (κ1) is 69.6. The van der Waals surface area contributed by atoms with Gasteiger partial charge >= 0.3 is 0 Å². The van der Waals surface area contributed by atoms with E-state index in [1.54, 1.807) is 0 Å². The first-order chi connectivity index (χ1) is 36.1. The second kappa shape index (κ2) is 26.9. The van der Waals surface area contributed by atoms with Gasteiger partial charge in [-0.3, -0.25) is 0 Å². The van der Waals surface area contributed by atoms with Crippen LogP contribution in [0.4, 0.5) is 0 Å². The van der Waals surface area contributed by atoms with Gasteiger partial charge < -0.3 is 0 Å². The van der Waals surface area contributed by atoms with E-state index in [1.165, 1.54) is 0 Å². The van der Waals surface area contributed by atoms with Gasteiger partial charge in [0.2, 0.25) is 0 Å². The minimum Gasteiger partial charge on any atom is -0.0836 e. The largest absolute Gasteiger partial charge is 0.0836 e. The van der Waals surface area contributed by atoms with Crippen molar-refractivity contribution < 1.29 is 0 Å². The predicted octanol–water partition coefficient (Wildman–Crippen LogP) is 32.8. The summed E-state index contributed by atoms with van der Waals surface area (Å²) in [5.41, 5.74) is -3.25. The van der Waals surface area contributed by atoms with Crippen molar-refractivity contribution in [3.05, 3.63) is 216 Å². The van der Waals surface area contributed by atoms with Crippen LogP contribution < -0.4 is 0 Å². The van der Waals surface area contributed by atoms with Crippen LogP contribution in [-0.2, 0) is 0 Å². The summed E-state index contributed by atoms with van der Waals surface area (Å²) >= 11 is 232. The molecule has 0 atom stereocenters. The van der Waals surface area contributed by atoms with Crippen molar-refractivity contribution in [2.24, 2.45) is 0 Å². The maximum Gasteiger partial charge on any atom is 0.0809 e. The number of rotatable bonds is 9. The van der Waals surface area contributed by atoms with Crippen molar-refractivity contribution in [3.63, 3.8) is 0 Å². The quantitative estimate of drug-likeness (QED) is 0.0768. The maximum atomic E-state index is 8.00. The Bertz CT molecular complexity index is 3020. The van der Waals surface area contributed by atoms with Crippen molar-refractivity contribution in [1.82, 2.24) is 0 Å². The lowest BCUT2D eigenvalue weighted by Gasteiger charge is -2.35. The van der Waals surface area contributed by atoms with Gasteiger partial charge in [0, 0.05) is 67.8 Å². The third kappa shape index (κ3) is 11.6. The Balaban J connectivity index is 1.99. The Morgan fingerprint density at radius 1 is 0.0897 bits per heavy atom. The van der Waals surface area contributed by atoms with Crippen molar-refractivity contribution in [2.45, 2.75) is 17.8 Å². The van der Waals surface area contributed by atoms with E-state index in [9.17, 15) is 0 Å². The normalized spacial score (nSPS) is 12.0. The number of halogens is 33. The number of hydrogen-bond donors (Lipinski definition) is 0. The van der Waals surface area contributed by atoms with E-state index in [0.29, 0.717) is 0 Å². The lowest BCUT2D eigenvalue weighted by atomic mass is 9.75. The SMILES string of the molecule is Clc1c(Cl)c(Cl)c(C(c2c(Cl)c(Cl)c(Cl)c(Cl)c2Cl)c2c(Cl)c(C(c3c(Cl)c(Cl)c(Cl)c(Cl)c3Cl)c3c(Cl)c(Cl)c(Cl)c(Cl)c3Cl)c(Cl)c(C(c3c(Cl)c(Cl)c(Cl)c(Cl)c3Cl)c3c(Cl)c(Cl)c(Cl)c(Cl)c3Cl)c2Cl)c(Cl)c1Cl. The summed E-state index contributed by atoms with van der Waals surface area (Å²) in [6.45, 7) is 0. The first-order valence-electron chi connectivity index (χ1n) is 19.3. The highest BCUT2D eigenvalue weighted by Crippen LogP contribution is 2.65. The fourth-order valence-corrected chi connectivity index (χ4v) is 17.6. The molecule has 0 saturated carbocycles. The Morgan fingerprint density at radius 2 is 0.154 bits per heavy atom. The first-order valence-corrected chi connectivity index (χ1v) is 31.8. The topological polar surface area (TPSA) is 0 Å². The van der Waals surface area contributed by atoms with Crippen LogP contribution in [0.15, 0.2) is 0 Å². The number of hydrogen-bond acceptors (Lipinski definition) is 0. The monoisotopic (exact) mass is 1700 g/mol. The highest BCUT2D eigenvalue weighted by molar-refractivity contribution is 6.61. The van der Waals surface area contributed by atoms with Crippen molar-refractivity contribution in [1.29, 1.82) is 0 Å². The van der Waals surface area contributed by atoms with Crippen LogP contribution in [0.5, 0.6) is 0 Å². The highest BCUT2D eigenvalue weighted by Gasteiger charge is 2.45. The molecule has 78 heavy (non-hydrogen) atoms. The van der Waals surface area contributed by atoms with E-state index in [1.807, 2.05) is 0 Å². The van der Waals surface area contributed by atoms with Crippen LogP contribution in [0.3, 0.4) is 0 Å². The molecule has 0 aromatic heterocycles. The molecule has 0 spiro atoms. The predicted molar refractivity (Wildman–Crippen MR) is 353 cm³/mol. The molecule has 0 saturated heterocycles. The molecule has 414 valence electrons. The molecule has 0 aliphatic rings. The molecule has 7 aromatic rings. The minimum absolute atomic E-state index is 0.323. The van der Waals surface area contributed by atoms with E-state index in [4.69, 9.17) is 383 Å². The lowest BCUT2D eigenvalue weighted by molar-refractivity contribution is 0.908. The van der Waals surface area contributed by atoms with Crippen molar-refractivity contribution in [2.75, 3.05) is 0 Å². The molecule has 0 nitrogen and oxygen atoms in total. The van der Waals surface area contributed by atoms with E-state index in [-0.39, 0.29) is 63.5 Å². The number of benzene rings is 7. The average Bonchev–Trinajstić information content (AvgIpc) is 3.58. The van der Waals surface area contributed by atoms with Gasteiger partial charge in [-0.1, -0.05) is 383 Å². The van der Waals surface area contributed by atoms with Gasteiger partial charge in [-0.05, 0) is 0 Å². The van der Waals surface area contributed by atoms with E-state index < -0.39 is 170 Å². The molecule has 33 heteroatoms. The standard InChI is InChI=1S/C45H3Cl33/c46-13-4(1(7-16(49)28(61)40(73)29(62)17(7)50)8-18(51)30(63)41(74)31(64)19(8)52)14(47)6(3(11-24(57)36(69)44(77)37(70)25(11)58)12-26(59)38(71)45(78)39(72)27(12)60)15(48)5(13)2(9-20(53)32(65)42(75)33(66)21(9)54)10-22(55)34(67)43(76)35(68)23(10)56/h1-3H. The van der Waals surface area contributed by atoms with E-state index >= 15 is 0 Å². The molecule has 0 bridgehead atoms. The summed E-state index contributed by atoms with van der Waals surface area (Å²) in [5, 5.41) is -13.8. The Hall–Kier alpha value is 4.11. The second-order valence-corrected chi connectivity index (χ2v) is 27.9. The third-order valence-electron chi connectivity index (χ3n) is 11.5. The Labute approximate surface area is 607 Å². The molecule has 0 fully saturated rings. The lowest BCUT2D eigenvalue weighted by Crippen LogP contribution is -2.18. The second-order valence-electron chi connectivity index (χ2n) is 15.4. The fraction of sp³-hybridized carbons (Fsp3) is 0.0667. The summed E-state index contributed by atoms with van der Waals surface area (Å²) in [6.07, 6.45) is 0. The molecule has 0 N–H and O–H groups in total. The Kier molecular flexibility index (Phi) is 24.0. The summed E-state index contributed by atoms with van der Waals surface area (Å²) in [4.78, 5) is 0. The van der Waals surface area contributed by atoms with E-state index in [2.05, 4.69) is 0 Å². The summed E-state index contributed by atoms with van der Waals surface area (Å²) < 4.78 is 0. The van der Waals surface area contributed by atoms with Crippen LogP contribution in [0, 0.1) is 0 Å². The Morgan fingerprint density at radius 3 is 0.244 bits per heavy atom. The average molecular weight is 1710 g/mol. The van der Waals surface area contributed by atoms with Crippen LogP contribution in [0.25, 0.3) is 0 Å². The molecule has 0 aliphatic heterocycles. The van der Waals surface area contributed by atoms with Crippen molar-refractivity contribution >= 4 is 383 Å². The highest BCUT2D eigenvalue weighted by atomic mass is 35.5. The summed E-state index contributed by atoms with van der Waals surface area (Å²) in [7, 11) is 0. The molecule has 0 aliphatic carbocycles. The molecular weight excluding hydrogens is 1710 g/mol. The molecule has 7 rings (SSSR count). The smallest absolute Gasteiger partial charge is 0.0809 e. The van der Waals surface area contributed by atoms with Gasteiger partial charge in [-0.15, -0.1) is 0 Å². The fourth-order valence-electron chi connectivity index (χ4n) is 8.04. The van der Waals surface area contributed by atoms with Gasteiger partial charge in [0.15, 0.2) is 0 Å². The zero-order valence-corrected chi connectivity index (χ0v) is 60.2. The van der Waals surface area contributed by atoms with Gasteiger partial charge in [0.05, 0.1) is 166 Å². The van der Waals surface area contributed by atoms with Crippen LogP contribution >= 0.6 is 383 Å². The van der Waals surface area contributed by atoms with Crippen molar-refractivity contribution in [3.8, 4) is 0 Å². The molecular formula is C45H3Cl33. The zero-order chi connectivity index (χ0) is 59.0. The molecule has 0 amide bonds. The van der Waals surface area contributed by atoms with E-state index in [0.717, 1.165) is 0 Å². The van der Waals surface area contributed by atoms with Gasteiger partial charge in [0.25, 0.3) is 0 Å². The summed E-state index contributed by atoms with van der Waals surface area (Å²) in [6, 6.07) is 0. The maximum absolute atomic E-state index is 8.00. The molecule has 7 aromatic carbocycles. The van der Waals surface area contributed by atoms with Crippen LogP contribution in [0.2, 0.25) is 166 Å². The zero-order valence-electron chi connectivity index (χ0n) is 35.2. The minimum atomic E-state index is -1.90. The molecule has 0 unspecified atom stereocenters. The van der Waals surface area contributed by atoms with Gasteiger partial charge in [-0.2, -0.15) is 0 Å². The third-order valence-corrected chi connectivity index (χ3v) is 26.5. The van der Waals surface area contributed by atoms with Gasteiger partial charge in [0.1, 0.15) is 0 Å². The van der Waals surface area contributed by atoms with Crippen LogP contribution in [-0.4, -0.2) is 0 Å². The molecule has 0 radical (unpaired) electrons. The van der Waals surface area contributed by atoms with Crippen LogP contribution in [0.1, 0.15) is 67.8 Å². The van der Waals surface area contributed by atoms with Gasteiger partial charge in [-0.25, -0.2) is 0 Å². The summed E-state index contributed by atoms with van der Waals surface area (Å²) in [5.74, 6) is -5.71. The molecule has 0 heterocycles.